The van der Waals surface area contributed by atoms with E-state index in [1.54, 1.807) is 6.07 Å². The number of rotatable bonds is 2. The van der Waals surface area contributed by atoms with Crippen molar-refractivity contribution in [3.05, 3.63) is 41.7 Å². The van der Waals surface area contributed by atoms with Crippen LogP contribution in [0.1, 0.15) is 0 Å². The maximum atomic E-state index is 12.0. The molecule has 2 rings (SSSR count). The second-order valence-corrected chi connectivity index (χ2v) is 3.73. The lowest BCUT2D eigenvalue weighted by Gasteiger charge is -2.09. The maximum absolute atomic E-state index is 12.0. The van der Waals surface area contributed by atoms with Crippen molar-refractivity contribution in [1.82, 2.24) is 10.2 Å². The van der Waals surface area contributed by atoms with Crippen LogP contribution in [-0.4, -0.2) is 16.6 Å². The van der Waals surface area contributed by atoms with Crippen LogP contribution in [0.2, 0.25) is 5.15 Å². The predicted molar refractivity (Wildman–Crippen MR) is 59.2 cm³/mol. The van der Waals surface area contributed by atoms with Crippen molar-refractivity contribution in [2.75, 3.05) is 0 Å². The van der Waals surface area contributed by atoms with Crippen molar-refractivity contribution in [2.24, 2.45) is 0 Å². The van der Waals surface area contributed by atoms with Gasteiger partial charge < -0.3 is 4.74 Å². The summed E-state index contributed by atoms with van der Waals surface area (Å²) in [6.45, 7) is 0. The molecule has 0 fully saturated rings. The average molecular weight is 275 g/mol. The van der Waals surface area contributed by atoms with Gasteiger partial charge in [0.05, 0.1) is 6.20 Å². The molecule has 18 heavy (non-hydrogen) atoms. The molecule has 0 aliphatic rings. The van der Waals surface area contributed by atoms with Gasteiger partial charge in [-0.1, -0.05) is 23.7 Å². The first-order valence-electron chi connectivity index (χ1n) is 4.78. The Bertz CT molecular complexity index is 543. The van der Waals surface area contributed by atoms with Crippen molar-refractivity contribution in [3.8, 4) is 16.9 Å². The van der Waals surface area contributed by atoms with E-state index in [1.807, 2.05) is 0 Å². The van der Waals surface area contributed by atoms with E-state index in [-0.39, 0.29) is 10.9 Å². The summed E-state index contributed by atoms with van der Waals surface area (Å²) in [7, 11) is 0. The summed E-state index contributed by atoms with van der Waals surface area (Å²) in [4.78, 5) is 0. The molecule has 0 unspecified atom stereocenters. The molecule has 3 nitrogen and oxygen atoms in total. The Morgan fingerprint density at radius 3 is 2.28 bits per heavy atom. The fourth-order valence-corrected chi connectivity index (χ4v) is 1.51. The molecule has 1 heterocycles. The molecule has 0 aliphatic heterocycles. The molecule has 0 saturated heterocycles. The van der Waals surface area contributed by atoms with Crippen LogP contribution in [-0.2, 0) is 0 Å². The van der Waals surface area contributed by atoms with Crippen molar-refractivity contribution >= 4 is 11.6 Å². The number of hydrogen-bond donors (Lipinski definition) is 0. The monoisotopic (exact) mass is 274 g/mol. The second kappa shape index (κ2) is 4.81. The van der Waals surface area contributed by atoms with Crippen LogP contribution in [0.3, 0.4) is 0 Å². The van der Waals surface area contributed by atoms with Gasteiger partial charge in [-0.3, -0.25) is 0 Å². The highest BCUT2D eigenvalue weighted by Gasteiger charge is 2.30. The molecule has 0 spiro atoms. The van der Waals surface area contributed by atoms with Crippen molar-refractivity contribution < 1.29 is 17.9 Å². The smallest absolute Gasteiger partial charge is 0.406 e. The topological polar surface area (TPSA) is 35.0 Å². The molecule has 0 atom stereocenters. The van der Waals surface area contributed by atoms with E-state index < -0.39 is 6.36 Å². The quantitative estimate of drug-likeness (QED) is 0.837. The summed E-state index contributed by atoms with van der Waals surface area (Å²) in [5.74, 6) is -0.278. The fraction of sp³-hybridized carbons (Fsp3) is 0.0909. The van der Waals surface area contributed by atoms with Gasteiger partial charge in [0.1, 0.15) is 5.75 Å². The molecule has 7 heteroatoms. The minimum atomic E-state index is -4.69. The normalized spacial score (nSPS) is 11.3. The summed E-state index contributed by atoms with van der Waals surface area (Å²) in [5.41, 5.74) is 1.33. The number of hydrogen-bond acceptors (Lipinski definition) is 3. The third-order valence-electron chi connectivity index (χ3n) is 2.05. The van der Waals surface area contributed by atoms with E-state index in [0.717, 1.165) is 0 Å². The maximum Gasteiger partial charge on any atom is 0.573 e. The fourth-order valence-electron chi connectivity index (χ4n) is 1.35. The highest BCUT2D eigenvalue weighted by atomic mass is 35.5. The van der Waals surface area contributed by atoms with E-state index in [2.05, 4.69) is 14.9 Å². The van der Waals surface area contributed by atoms with Crippen molar-refractivity contribution in [3.63, 3.8) is 0 Å². The van der Waals surface area contributed by atoms with Crippen molar-refractivity contribution in [1.29, 1.82) is 0 Å². The van der Waals surface area contributed by atoms with Crippen molar-refractivity contribution in [2.45, 2.75) is 6.36 Å². The summed E-state index contributed by atoms with van der Waals surface area (Å²) in [6.07, 6.45) is -3.23. The Balaban J connectivity index is 2.22. The third kappa shape index (κ3) is 3.33. The van der Waals surface area contributed by atoms with E-state index >= 15 is 0 Å². The largest absolute Gasteiger partial charge is 0.573 e. The Hall–Kier alpha value is -1.82. The van der Waals surface area contributed by atoms with Gasteiger partial charge in [-0.15, -0.1) is 18.3 Å². The molecule has 0 radical (unpaired) electrons. The van der Waals surface area contributed by atoms with Gasteiger partial charge in [-0.05, 0) is 23.8 Å². The lowest BCUT2D eigenvalue weighted by molar-refractivity contribution is -0.274. The summed E-state index contributed by atoms with van der Waals surface area (Å²) >= 11 is 5.67. The number of benzene rings is 1. The standard InChI is InChI=1S/C11H6ClF3N2O/c12-10-5-8(6-16-17-10)7-1-3-9(4-2-7)18-11(13,14)15/h1-6H. The first-order chi connectivity index (χ1) is 8.44. The van der Waals surface area contributed by atoms with E-state index in [4.69, 9.17) is 11.6 Å². The minimum absolute atomic E-state index is 0.211. The van der Waals surface area contributed by atoms with Crippen LogP contribution in [0.15, 0.2) is 36.5 Å². The predicted octanol–water partition coefficient (Wildman–Crippen LogP) is 3.70. The van der Waals surface area contributed by atoms with E-state index in [0.29, 0.717) is 11.1 Å². The van der Waals surface area contributed by atoms with Crippen LogP contribution < -0.4 is 4.74 Å². The Morgan fingerprint density at radius 2 is 1.72 bits per heavy atom. The lowest BCUT2D eigenvalue weighted by Crippen LogP contribution is -2.16. The Morgan fingerprint density at radius 1 is 1.06 bits per heavy atom. The summed E-state index contributed by atoms with van der Waals surface area (Å²) < 4.78 is 39.6. The van der Waals surface area contributed by atoms with Crippen LogP contribution in [0.4, 0.5) is 13.2 Å². The number of aromatic nitrogens is 2. The van der Waals surface area contributed by atoms with Crippen LogP contribution >= 0.6 is 11.6 Å². The van der Waals surface area contributed by atoms with Gasteiger partial charge in [0.2, 0.25) is 0 Å². The molecular formula is C11H6ClF3N2O. The van der Waals surface area contributed by atoms with E-state index in [1.165, 1.54) is 30.5 Å². The zero-order chi connectivity index (χ0) is 13.2. The zero-order valence-corrected chi connectivity index (χ0v) is 9.53. The van der Waals surface area contributed by atoms with Gasteiger partial charge in [-0.25, -0.2) is 0 Å². The van der Waals surface area contributed by atoms with Gasteiger partial charge in [0.15, 0.2) is 5.15 Å². The molecule has 0 saturated carbocycles. The van der Waals surface area contributed by atoms with Gasteiger partial charge in [0.25, 0.3) is 0 Å². The minimum Gasteiger partial charge on any atom is -0.406 e. The Kier molecular flexibility index (Phi) is 3.38. The summed E-state index contributed by atoms with van der Waals surface area (Å²) in [5, 5.41) is 7.43. The van der Waals surface area contributed by atoms with Gasteiger partial charge >= 0.3 is 6.36 Å². The van der Waals surface area contributed by atoms with Gasteiger partial charge in [-0.2, -0.15) is 5.10 Å². The first kappa shape index (κ1) is 12.6. The number of nitrogens with zero attached hydrogens (tertiary/aromatic N) is 2. The molecule has 0 amide bonds. The summed E-state index contributed by atoms with van der Waals surface area (Å²) in [6, 6.07) is 6.96. The molecule has 2 aromatic rings. The number of halogens is 4. The molecule has 0 aliphatic carbocycles. The highest BCUT2D eigenvalue weighted by Crippen LogP contribution is 2.26. The van der Waals surface area contributed by atoms with Crippen LogP contribution in [0.5, 0.6) is 5.75 Å². The average Bonchev–Trinajstić information content (AvgIpc) is 2.28. The molecule has 0 bridgehead atoms. The lowest BCUT2D eigenvalue weighted by atomic mass is 10.1. The molecule has 94 valence electrons. The first-order valence-corrected chi connectivity index (χ1v) is 5.16. The van der Waals surface area contributed by atoms with E-state index in [9.17, 15) is 13.2 Å². The third-order valence-corrected chi connectivity index (χ3v) is 2.23. The zero-order valence-electron chi connectivity index (χ0n) is 8.78. The van der Waals surface area contributed by atoms with Crippen LogP contribution in [0.25, 0.3) is 11.1 Å². The molecule has 1 aromatic carbocycles. The molecule has 0 N–H and O–H groups in total. The number of alkyl halides is 3. The van der Waals surface area contributed by atoms with Crippen LogP contribution in [0, 0.1) is 0 Å². The Labute approximate surface area is 105 Å². The second-order valence-electron chi connectivity index (χ2n) is 3.34. The molecule has 1 aromatic heterocycles. The SMILES string of the molecule is FC(F)(F)Oc1ccc(-c2cnnc(Cl)c2)cc1. The van der Waals surface area contributed by atoms with Gasteiger partial charge in [0, 0.05) is 5.56 Å². The molecular weight excluding hydrogens is 269 g/mol. The highest BCUT2D eigenvalue weighted by molar-refractivity contribution is 6.29. The number of ether oxygens (including phenoxy) is 1.